The molecule has 2 saturated carbocycles. The monoisotopic (exact) mass is 438 g/mol. The Morgan fingerprint density at radius 3 is 1.19 bits per heavy atom. The zero-order valence-corrected chi connectivity index (χ0v) is 17.8. The molecule has 4 rings (SSSR count). The maximum atomic E-state index is 14.9. The predicted octanol–water partition coefficient (Wildman–Crippen LogP) is 9.63. The summed E-state index contributed by atoms with van der Waals surface area (Å²) in [4.78, 5) is 0. The first-order valence-corrected chi connectivity index (χ1v) is 11.3. The molecule has 2 aliphatic rings. The molecule has 2 aromatic carbocycles. The largest absolute Gasteiger partial charge is 0.203 e. The van der Waals surface area contributed by atoms with Gasteiger partial charge in [-0.05, 0) is 60.5 Å². The highest BCUT2D eigenvalue weighted by Crippen LogP contribution is 2.41. The van der Waals surface area contributed by atoms with Gasteiger partial charge in [-0.1, -0.05) is 71.2 Å². The van der Waals surface area contributed by atoms with Crippen LogP contribution in [0.1, 0.15) is 98.5 Å². The Balaban J connectivity index is 0.00000181. The minimum absolute atomic E-state index is 0. The van der Waals surface area contributed by atoms with Gasteiger partial charge >= 0.3 is 0 Å². The Kier molecular flexibility index (Phi) is 7.49. The fraction of sp³-hybridized carbons (Fsp3) is 0.556. The number of rotatable bonds is 3. The minimum Gasteiger partial charge on any atom is -0.203 e. The van der Waals surface area contributed by atoms with Gasteiger partial charge in [0.2, 0.25) is 0 Å². The van der Waals surface area contributed by atoms with Gasteiger partial charge in [0.15, 0.2) is 23.3 Å². The van der Waals surface area contributed by atoms with E-state index in [0.717, 1.165) is 51.4 Å². The topological polar surface area (TPSA) is 0 Å². The Morgan fingerprint density at radius 2 is 0.871 bits per heavy atom. The molecule has 2 aromatic rings. The lowest BCUT2D eigenvalue weighted by molar-refractivity contribution is 0.339. The summed E-state index contributed by atoms with van der Waals surface area (Å²) in [5.74, 6) is -2.81. The summed E-state index contributed by atoms with van der Waals surface area (Å²) < 4.78 is 59.6. The van der Waals surface area contributed by atoms with Crippen molar-refractivity contribution < 1.29 is 20.4 Å². The van der Waals surface area contributed by atoms with Gasteiger partial charge in [0.05, 0.1) is 0 Å². The molecule has 0 radical (unpaired) electrons. The first kappa shape index (κ1) is 23.8. The van der Waals surface area contributed by atoms with Gasteiger partial charge in [0, 0.05) is 14.0 Å². The van der Waals surface area contributed by atoms with Crippen LogP contribution >= 0.6 is 0 Å². The highest BCUT2D eigenvalue weighted by atomic mass is 19.2. The van der Waals surface area contributed by atoms with Gasteiger partial charge in [-0.2, -0.15) is 0 Å². The van der Waals surface area contributed by atoms with E-state index in [1.165, 1.54) is 12.1 Å². The number of hydrogen-bond acceptors (Lipinski definition) is 0. The minimum atomic E-state index is -1.08. The third kappa shape index (κ3) is 4.68. The molecular formula is C27H38F4. The molecule has 0 N–H and O–H groups in total. The molecule has 0 bridgehead atoms. The summed E-state index contributed by atoms with van der Waals surface area (Å²) in [6.45, 7) is 4.34. The third-order valence-corrected chi connectivity index (χ3v) is 7.43. The maximum Gasteiger partial charge on any atom is 0.167 e. The maximum absolute atomic E-state index is 14.9. The van der Waals surface area contributed by atoms with Crippen LogP contribution in [0.15, 0.2) is 24.3 Å². The summed E-state index contributed by atoms with van der Waals surface area (Å²) in [5, 5.41) is 0. The van der Waals surface area contributed by atoms with Crippen molar-refractivity contribution in [2.24, 2.45) is 11.8 Å². The molecule has 4 heteroatoms. The third-order valence-electron chi connectivity index (χ3n) is 7.43. The predicted molar refractivity (Wildman–Crippen MR) is 123 cm³/mol. The van der Waals surface area contributed by atoms with E-state index >= 15 is 0 Å². The quantitative estimate of drug-likeness (QED) is 0.418. The zero-order valence-electron chi connectivity index (χ0n) is 17.8. The Labute approximate surface area is 187 Å². The molecule has 2 fully saturated rings. The van der Waals surface area contributed by atoms with Crippen LogP contribution in [0.3, 0.4) is 0 Å². The normalized spacial score (nSPS) is 26.4. The molecule has 2 aliphatic carbocycles. The van der Waals surface area contributed by atoms with Crippen LogP contribution in [0, 0.1) is 35.1 Å². The molecule has 0 nitrogen and oxygen atoms in total. The van der Waals surface area contributed by atoms with Crippen LogP contribution in [-0.4, -0.2) is 0 Å². The fourth-order valence-electron chi connectivity index (χ4n) is 5.32. The summed E-state index contributed by atoms with van der Waals surface area (Å²) in [6, 6.07) is 5.93. The highest BCUT2D eigenvalue weighted by molar-refractivity contribution is 5.66. The van der Waals surface area contributed by atoms with Gasteiger partial charge in [-0.25, -0.2) is 17.6 Å². The van der Waals surface area contributed by atoms with E-state index in [2.05, 4.69) is 13.8 Å². The summed E-state index contributed by atoms with van der Waals surface area (Å²) in [5.41, 5.74) is 0.301. The van der Waals surface area contributed by atoms with E-state index in [9.17, 15) is 17.6 Å². The van der Waals surface area contributed by atoms with Crippen LogP contribution < -0.4 is 0 Å². The molecule has 174 valence electrons. The van der Waals surface area contributed by atoms with E-state index in [0.29, 0.717) is 23.0 Å². The SMILES string of the molecule is C.CC1CCC(c2ccc(-c3ccc(C4CCC(C)CC4)c(F)c3F)c(F)c2F)CC1.[HH].[HH]. The Hall–Kier alpha value is -1.84. The van der Waals surface area contributed by atoms with Crippen molar-refractivity contribution in [1.82, 2.24) is 0 Å². The van der Waals surface area contributed by atoms with Crippen molar-refractivity contribution in [2.45, 2.75) is 84.5 Å². The van der Waals surface area contributed by atoms with E-state index in [1.54, 1.807) is 12.1 Å². The van der Waals surface area contributed by atoms with Crippen LogP contribution in [0.5, 0.6) is 0 Å². The molecule has 0 aliphatic heterocycles. The average Bonchev–Trinajstić information content (AvgIpc) is 2.74. The van der Waals surface area contributed by atoms with Crippen molar-refractivity contribution in [2.75, 3.05) is 0 Å². The van der Waals surface area contributed by atoms with E-state index in [4.69, 9.17) is 0 Å². The van der Waals surface area contributed by atoms with Crippen molar-refractivity contribution in [1.29, 1.82) is 0 Å². The highest BCUT2D eigenvalue weighted by Gasteiger charge is 2.28. The second-order valence-corrected chi connectivity index (χ2v) is 9.57. The molecule has 0 aromatic heterocycles. The summed E-state index contributed by atoms with van der Waals surface area (Å²) >= 11 is 0. The molecule has 0 unspecified atom stereocenters. The standard InChI is InChI=1S/C26H30F4.CH4.2H2/c1-15-3-7-17(8-4-15)19-11-13-21(25(29)23(19)27)22-14-12-20(24(28)26(22)30)18-9-5-16(2)6-10-18;;;/h11-18H,3-10H2,1-2H3;1H4;2*1H. The first-order valence-electron chi connectivity index (χ1n) is 11.3. The molecule has 31 heavy (non-hydrogen) atoms. The Morgan fingerprint density at radius 1 is 0.548 bits per heavy atom. The van der Waals surface area contributed by atoms with E-state index in [1.807, 2.05) is 0 Å². The molecule has 0 atom stereocenters. The fourth-order valence-corrected chi connectivity index (χ4v) is 5.32. The van der Waals surface area contributed by atoms with Crippen molar-refractivity contribution >= 4 is 0 Å². The lowest BCUT2D eigenvalue weighted by atomic mass is 9.78. The van der Waals surface area contributed by atoms with Crippen LogP contribution in [-0.2, 0) is 0 Å². The summed E-state index contributed by atoms with van der Waals surface area (Å²) in [7, 11) is 0. The van der Waals surface area contributed by atoms with Crippen molar-refractivity contribution in [3.63, 3.8) is 0 Å². The van der Waals surface area contributed by atoms with Crippen LogP contribution in [0.2, 0.25) is 0 Å². The van der Waals surface area contributed by atoms with Gasteiger partial charge in [-0.15, -0.1) is 0 Å². The average molecular weight is 439 g/mol. The molecule has 0 amide bonds. The Bertz CT molecular complexity index is 839. The first-order chi connectivity index (χ1) is 14.4. The van der Waals surface area contributed by atoms with Gasteiger partial charge in [0.25, 0.3) is 0 Å². The number of halogens is 4. The van der Waals surface area contributed by atoms with Gasteiger partial charge < -0.3 is 0 Å². The van der Waals surface area contributed by atoms with Crippen LogP contribution in [0.25, 0.3) is 11.1 Å². The molecule has 0 spiro atoms. The smallest absolute Gasteiger partial charge is 0.167 e. The lowest BCUT2D eigenvalue weighted by Crippen LogP contribution is -2.14. The number of benzene rings is 2. The second kappa shape index (κ2) is 9.75. The van der Waals surface area contributed by atoms with Crippen molar-refractivity contribution in [3.05, 3.63) is 58.7 Å². The molecule has 0 heterocycles. The van der Waals surface area contributed by atoms with Crippen LogP contribution in [0.4, 0.5) is 17.6 Å². The second-order valence-electron chi connectivity index (χ2n) is 9.57. The lowest BCUT2D eigenvalue weighted by Gasteiger charge is -2.27. The van der Waals surface area contributed by atoms with E-state index in [-0.39, 0.29) is 33.2 Å². The van der Waals surface area contributed by atoms with Crippen molar-refractivity contribution in [3.8, 4) is 11.1 Å². The van der Waals surface area contributed by atoms with Gasteiger partial charge in [0.1, 0.15) is 0 Å². The molecule has 0 saturated heterocycles. The molecular weight excluding hydrogens is 400 g/mol. The van der Waals surface area contributed by atoms with E-state index < -0.39 is 23.3 Å². The van der Waals surface area contributed by atoms with Gasteiger partial charge in [-0.3, -0.25) is 0 Å². The zero-order chi connectivity index (χ0) is 21.4. The number of hydrogen-bond donors (Lipinski definition) is 0. The summed E-state index contributed by atoms with van der Waals surface area (Å²) in [6.07, 6.45) is 7.29.